The largest absolute Gasteiger partial charge is 0.495 e. The second-order valence-corrected chi connectivity index (χ2v) is 7.09. The summed E-state index contributed by atoms with van der Waals surface area (Å²) in [6, 6.07) is 8.83. The Bertz CT molecular complexity index is 1090. The molecule has 0 N–H and O–H groups in total. The van der Waals surface area contributed by atoms with E-state index < -0.39 is 0 Å². The number of nitrogens with zero attached hydrogens (tertiary/aromatic N) is 1. The van der Waals surface area contributed by atoms with E-state index in [4.69, 9.17) is 37.1 Å². The van der Waals surface area contributed by atoms with Crippen molar-refractivity contribution >= 4 is 39.9 Å². The third-order valence-electron chi connectivity index (χ3n) is 4.72. The average molecular weight is 406 g/mol. The highest BCUT2D eigenvalue weighted by atomic mass is 35.5. The quantitative estimate of drug-likeness (QED) is 0.572. The number of aryl methyl sites for hydroxylation is 1. The Morgan fingerprint density at radius 2 is 2.00 bits per heavy atom. The van der Waals surface area contributed by atoms with Crippen LogP contribution in [-0.2, 0) is 13.0 Å². The Morgan fingerprint density at radius 1 is 1.19 bits per heavy atom. The summed E-state index contributed by atoms with van der Waals surface area (Å²) in [4.78, 5) is 14.0. The lowest BCUT2D eigenvalue weighted by Crippen LogP contribution is -2.32. The molecule has 0 aliphatic carbocycles. The summed E-state index contributed by atoms with van der Waals surface area (Å²) in [5.74, 6) is 1.15. The van der Waals surface area contributed by atoms with Gasteiger partial charge in [0.05, 0.1) is 29.3 Å². The zero-order valence-electron chi connectivity index (χ0n) is 14.8. The number of hydrogen-bond acceptors (Lipinski definition) is 5. The fourth-order valence-corrected chi connectivity index (χ4v) is 3.89. The number of halogens is 2. The minimum Gasteiger partial charge on any atom is -0.495 e. The van der Waals surface area contributed by atoms with E-state index in [0.717, 1.165) is 22.2 Å². The first-order valence-electron chi connectivity index (χ1n) is 8.51. The molecule has 2 heterocycles. The number of fused-ring (bicyclic) bond motifs is 3. The molecule has 2 aromatic carbocycles. The summed E-state index contributed by atoms with van der Waals surface area (Å²) >= 11 is 12.7. The van der Waals surface area contributed by atoms with E-state index in [1.807, 2.05) is 24.0 Å². The zero-order chi connectivity index (χ0) is 19.1. The van der Waals surface area contributed by atoms with Gasteiger partial charge in [-0.3, -0.25) is 0 Å². The van der Waals surface area contributed by atoms with Crippen LogP contribution in [0.5, 0.6) is 11.5 Å². The Labute approximate surface area is 166 Å². The van der Waals surface area contributed by atoms with E-state index in [-0.39, 0.29) is 5.63 Å². The van der Waals surface area contributed by atoms with Gasteiger partial charge in [0.2, 0.25) is 0 Å². The Morgan fingerprint density at radius 3 is 2.70 bits per heavy atom. The Kier molecular flexibility index (Phi) is 4.66. The molecule has 0 saturated heterocycles. The van der Waals surface area contributed by atoms with Gasteiger partial charge in [-0.1, -0.05) is 30.1 Å². The first-order valence-corrected chi connectivity index (χ1v) is 9.26. The fraction of sp³-hybridized carbons (Fsp3) is 0.250. The van der Waals surface area contributed by atoms with Crippen LogP contribution in [0.1, 0.15) is 18.1 Å². The van der Waals surface area contributed by atoms with E-state index in [1.54, 1.807) is 19.2 Å². The highest BCUT2D eigenvalue weighted by Crippen LogP contribution is 2.41. The Hall–Kier alpha value is -2.37. The van der Waals surface area contributed by atoms with Gasteiger partial charge < -0.3 is 18.8 Å². The maximum atomic E-state index is 12.0. The molecule has 4 rings (SSSR count). The van der Waals surface area contributed by atoms with Crippen LogP contribution in [0.4, 0.5) is 5.69 Å². The summed E-state index contributed by atoms with van der Waals surface area (Å²) < 4.78 is 16.6. The van der Waals surface area contributed by atoms with E-state index >= 15 is 0 Å². The van der Waals surface area contributed by atoms with Gasteiger partial charge in [0, 0.05) is 17.1 Å². The topological polar surface area (TPSA) is 51.9 Å². The molecule has 0 saturated carbocycles. The molecule has 0 radical (unpaired) electrons. The van der Waals surface area contributed by atoms with Crippen molar-refractivity contribution in [2.75, 3.05) is 18.7 Å². The summed E-state index contributed by atoms with van der Waals surface area (Å²) in [5.41, 5.74) is 2.66. The van der Waals surface area contributed by atoms with Crippen LogP contribution in [0.2, 0.25) is 10.0 Å². The lowest BCUT2D eigenvalue weighted by Gasteiger charge is -2.31. The molecular weight excluding hydrogens is 389 g/mol. The van der Waals surface area contributed by atoms with Gasteiger partial charge in [0.1, 0.15) is 17.1 Å². The highest BCUT2D eigenvalue weighted by molar-refractivity contribution is 6.33. The second-order valence-electron chi connectivity index (χ2n) is 6.28. The molecule has 140 valence electrons. The molecule has 7 heteroatoms. The number of anilines is 1. The van der Waals surface area contributed by atoms with E-state index in [2.05, 4.69) is 0 Å². The van der Waals surface area contributed by atoms with Crippen molar-refractivity contribution in [1.82, 2.24) is 0 Å². The number of benzene rings is 2. The van der Waals surface area contributed by atoms with Crippen LogP contribution in [0, 0.1) is 0 Å². The molecule has 0 unspecified atom stereocenters. The van der Waals surface area contributed by atoms with Crippen molar-refractivity contribution in [2.24, 2.45) is 0 Å². The second kappa shape index (κ2) is 6.98. The van der Waals surface area contributed by atoms with E-state index in [9.17, 15) is 4.79 Å². The van der Waals surface area contributed by atoms with Gasteiger partial charge in [-0.05, 0) is 36.2 Å². The molecular formula is C20H17Cl2NO4. The SMILES string of the molecule is CCc1cc(=O)oc2c3c(c(Cl)cc12)OCN(c1ccc(OC)c(Cl)c1)C3. The van der Waals surface area contributed by atoms with Crippen molar-refractivity contribution in [3.05, 3.63) is 61.9 Å². The fourth-order valence-electron chi connectivity index (χ4n) is 3.36. The van der Waals surface area contributed by atoms with Crippen LogP contribution in [0.15, 0.2) is 39.5 Å². The summed E-state index contributed by atoms with van der Waals surface area (Å²) in [5, 5.41) is 1.85. The van der Waals surface area contributed by atoms with Gasteiger partial charge in [-0.15, -0.1) is 0 Å². The summed E-state index contributed by atoms with van der Waals surface area (Å²) in [6.07, 6.45) is 0.704. The lowest BCUT2D eigenvalue weighted by atomic mass is 10.0. The van der Waals surface area contributed by atoms with E-state index in [0.29, 0.717) is 46.8 Å². The van der Waals surface area contributed by atoms with Crippen LogP contribution < -0.4 is 20.0 Å². The molecule has 5 nitrogen and oxygen atoms in total. The summed E-state index contributed by atoms with van der Waals surface area (Å²) in [7, 11) is 1.57. The molecule has 0 atom stereocenters. The molecule has 0 fully saturated rings. The molecule has 1 aromatic heterocycles. The average Bonchev–Trinajstić information content (AvgIpc) is 2.67. The lowest BCUT2D eigenvalue weighted by molar-refractivity contribution is 0.289. The first kappa shape index (κ1) is 18.0. The monoisotopic (exact) mass is 405 g/mol. The molecule has 3 aromatic rings. The summed E-state index contributed by atoms with van der Waals surface area (Å²) in [6.45, 7) is 2.77. The maximum Gasteiger partial charge on any atom is 0.336 e. The smallest absolute Gasteiger partial charge is 0.336 e. The van der Waals surface area contributed by atoms with Crippen LogP contribution >= 0.6 is 23.2 Å². The van der Waals surface area contributed by atoms with E-state index in [1.165, 1.54) is 6.07 Å². The molecule has 0 bridgehead atoms. The van der Waals surface area contributed by atoms with Gasteiger partial charge in [-0.25, -0.2) is 4.79 Å². The van der Waals surface area contributed by atoms with Crippen molar-refractivity contribution in [2.45, 2.75) is 19.9 Å². The third-order valence-corrected chi connectivity index (χ3v) is 5.29. The van der Waals surface area contributed by atoms with Gasteiger partial charge in [0.15, 0.2) is 6.73 Å². The van der Waals surface area contributed by atoms with Gasteiger partial charge in [0.25, 0.3) is 0 Å². The zero-order valence-corrected chi connectivity index (χ0v) is 16.4. The van der Waals surface area contributed by atoms with Crippen LogP contribution in [0.25, 0.3) is 11.0 Å². The molecule has 0 spiro atoms. The standard InChI is InChI=1S/C20H17Cl2NO4/c1-3-11-6-18(24)27-19-13(11)8-16(22)20-14(19)9-23(10-26-20)12-4-5-17(25-2)15(21)7-12/h4-8H,3,9-10H2,1-2H3. The number of methoxy groups -OCH3 is 1. The normalized spacial score (nSPS) is 13.4. The van der Waals surface area contributed by atoms with Gasteiger partial charge in [-0.2, -0.15) is 0 Å². The van der Waals surface area contributed by atoms with Crippen molar-refractivity contribution < 1.29 is 13.9 Å². The minimum absolute atomic E-state index is 0.304. The predicted molar refractivity (Wildman–Crippen MR) is 107 cm³/mol. The molecule has 1 aliphatic heterocycles. The van der Waals surface area contributed by atoms with Crippen LogP contribution in [0.3, 0.4) is 0 Å². The number of ether oxygens (including phenoxy) is 2. The third kappa shape index (κ3) is 3.11. The highest BCUT2D eigenvalue weighted by Gasteiger charge is 2.25. The molecule has 0 amide bonds. The predicted octanol–water partition coefficient (Wildman–Crippen LogP) is 5.03. The van der Waals surface area contributed by atoms with Crippen molar-refractivity contribution in [3.63, 3.8) is 0 Å². The molecule has 1 aliphatic rings. The maximum absolute atomic E-state index is 12.0. The van der Waals surface area contributed by atoms with Crippen LogP contribution in [-0.4, -0.2) is 13.8 Å². The molecule has 27 heavy (non-hydrogen) atoms. The number of hydrogen-bond donors (Lipinski definition) is 0. The minimum atomic E-state index is -0.381. The first-order chi connectivity index (χ1) is 13.0. The van der Waals surface area contributed by atoms with Crippen molar-refractivity contribution in [1.29, 1.82) is 0 Å². The van der Waals surface area contributed by atoms with Gasteiger partial charge >= 0.3 is 5.63 Å². The Balaban J connectivity index is 1.83. The number of rotatable bonds is 3. The van der Waals surface area contributed by atoms with Crippen molar-refractivity contribution in [3.8, 4) is 11.5 Å².